The van der Waals surface area contributed by atoms with Gasteiger partial charge in [-0.1, -0.05) is 33.6 Å². The molecule has 1 heteroatoms. The second kappa shape index (κ2) is 4.45. The highest BCUT2D eigenvalue weighted by Gasteiger charge is 2.58. The Morgan fingerprint density at radius 2 is 1.85 bits per heavy atom. The summed E-state index contributed by atoms with van der Waals surface area (Å²) in [6.07, 6.45) is 5.55. The molecule has 0 bridgehead atoms. The third-order valence-electron chi connectivity index (χ3n) is 3.88. The molecule has 0 aliphatic heterocycles. The van der Waals surface area contributed by atoms with Crippen molar-refractivity contribution in [3.05, 3.63) is 0 Å². The highest BCUT2D eigenvalue weighted by Crippen LogP contribution is 2.62. The van der Waals surface area contributed by atoms with Crippen molar-refractivity contribution < 1.29 is 0 Å². The van der Waals surface area contributed by atoms with E-state index in [1.165, 1.54) is 32.2 Å². The van der Waals surface area contributed by atoms with E-state index in [1.54, 1.807) is 0 Å². The van der Waals surface area contributed by atoms with Gasteiger partial charge in [0, 0.05) is 0 Å². The van der Waals surface area contributed by atoms with E-state index in [0.29, 0.717) is 5.41 Å². The molecule has 1 N–H and O–H groups in total. The maximum Gasteiger partial charge on any atom is -0.00153 e. The van der Waals surface area contributed by atoms with E-state index < -0.39 is 0 Å². The normalized spacial score (nSPS) is 37.8. The van der Waals surface area contributed by atoms with E-state index in [9.17, 15) is 0 Å². The molecule has 3 atom stereocenters. The van der Waals surface area contributed by atoms with Crippen molar-refractivity contribution in [2.45, 2.75) is 46.5 Å². The van der Waals surface area contributed by atoms with Gasteiger partial charge in [0.2, 0.25) is 0 Å². The summed E-state index contributed by atoms with van der Waals surface area (Å²) in [6.45, 7) is 8.32. The SMILES string of the molecule is CCC[C@@H]1C(CNC)[C@]1(C)CCC. The molecule has 0 spiro atoms. The van der Waals surface area contributed by atoms with Crippen LogP contribution in [0.4, 0.5) is 0 Å². The Morgan fingerprint density at radius 1 is 1.15 bits per heavy atom. The van der Waals surface area contributed by atoms with E-state index in [2.05, 4.69) is 33.1 Å². The number of hydrogen-bond acceptors (Lipinski definition) is 1. The molecule has 0 heterocycles. The summed E-state index contributed by atoms with van der Waals surface area (Å²) < 4.78 is 0. The third kappa shape index (κ3) is 2.07. The average molecular weight is 183 g/mol. The predicted octanol–water partition coefficient (Wildman–Crippen LogP) is 3.06. The van der Waals surface area contributed by atoms with Crippen molar-refractivity contribution in [2.75, 3.05) is 13.6 Å². The van der Waals surface area contributed by atoms with E-state index >= 15 is 0 Å². The highest BCUT2D eigenvalue weighted by atomic mass is 14.9. The Bertz CT molecular complexity index is 141. The Kier molecular flexibility index (Phi) is 3.78. The molecule has 1 aliphatic carbocycles. The molecule has 0 amide bonds. The monoisotopic (exact) mass is 183 g/mol. The van der Waals surface area contributed by atoms with Gasteiger partial charge in [-0.15, -0.1) is 0 Å². The van der Waals surface area contributed by atoms with Gasteiger partial charge in [-0.05, 0) is 43.7 Å². The van der Waals surface area contributed by atoms with Crippen LogP contribution >= 0.6 is 0 Å². The van der Waals surface area contributed by atoms with Crippen LogP contribution in [-0.2, 0) is 0 Å². The van der Waals surface area contributed by atoms with Gasteiger partial charge >= 0.3 is 0 Å². The average Bonchev–Trinajstić information content (AvgIpc) is 2.61. The van der Waals surface area contributed by atoms with Crippen molar-refractivity contribution in [1.82, 2.24) is 5.32 Å². The predicted molar refractivity (Wildman–Crippen MR) is 58.8 cm³/mol. The van der Waals surface area contributed by atoms with Crippen molar-refractivity contribution in [3.8, 4) is 0 Å². The van der Waals surface area contributed by atoms with Gasteiger partial charge in [-0.2, -0.15) is 0 Å². The molecule has 0 aromatic heterocycles. The van der Waals surface area contributed by atoms with Gasteiger partial charge < -0.3 is 5.32 Å². The Labute approximate surface area is 83.3 Å². The molecule has 1 nitrogen and oxygen atoms in total. The maximum atomic E-state index is 3.33. The lowest BCUT2D eigenvalue weighted by atomic mass is 9.97. The number of hydrogen-bond donors (Lipinski definition) is 1. The van der Waals surface area contributed by atoms with Crippen molar-refractivity contribution >= 4 is 0 Å². The standard InChI is InChI=1S/C12H25N/c1-5-7-10-11(9-13-4)12(10,3)8-6-2/h10-11,13H,5-9H2,1-4H3/t10-,11?,12-/m1/s1. The molecule has 0 saturated heterocycles. The van der Waals surface area contributed by atoms with Gasteiger partial charge in [0.25, 0.3) is 0 Å². The lowest BCUT2D eigenvalue weighted by Crippen LogP contribution is -2.13. The first kappa shape index (κ1) is 11.0. The van der Waals surface area contributed by atoms with E-state index in [-0.39, 0.29) is 0 Å². The van der Waals surface area contributed by atoms with Gasteiger partial charge in [0.05, 0.1) is 0 Å². The quantitative estimate of drug-likeness (QED) is 0.667. The molecule has 0 aromatic rings. The Morgan fingerprint density at radius 3 is 2.31 bits per heavy atom. The van der Waals surface area contributed by atoms with Crippen LogP contribution in [0.1, 0.15) is 46.5 Å². The van der Waals surface area contributed by atoms with E-state index in [0.717, 1.165) is 11.8 Å². The smallest absolute Gasteiger partial charge is 0.00153 e. The first-order valence-electron chi connectivity index (χ1n) is 5.85. The molecule has 78 valence electrons. The summed E-state index contributed by atoms with van der Waals surface area (Å²) in [5.74, 6) is 1.96. The minimum Gasteiger partial charge on any atom is -0.319 e. The zero-order valence-corrected chi connectivity index (χ0v) is 9.69. The molecule has 0 aromatic carbocycles. The van der Waals surface area contributed by atoms with Crippen LogP contribution in [-0.4, -0.2) is 13.6 Å². The highest BCUT2D eigenvalue weighted by molar-refractivity contribution is 5.07. The van der Waals surface area contributed by atoms with Crippen LogP contribution in [0.15, 0.2) is 0 Å². The minimum atomic E-state index is 0.674. The van der Waals surface area contributed by atoms with Crippen LogP contribution in [0.3, 0.4) is 0 Å². The number of nitrogens with one attached hydrogen (secondary N) is 1. The lowest BCUT2D eigenvalue weighted by molar-refractivity contribution is 0.420. The van der Waals surface area contributed by atoms with E-state index in [1.807, 2.05) is 0 Å². The second-order valence-corrected chi connectivity index (χ2v) is 4.82. The minimum absolute atomic E-state index is 0.674. The van der Waals surface area contributed by atoms with Crippen LogP contribution in [0.2, 0.25) is 0 Å². The molecule has 1 fully saturated rings. The molecule has 1 unspecified atom stereocenters. The zero-order valence-electron chi connectivity index (χ0n) is 9.69. The summed E-state index contributed by atoms with van der Waals surface area (Å²) in [6, 6.07) is 0. The zero-order chi connectivity index (χ0) is 9.90. The number of rotatable bonds is 6. The van der Waals surface area contributed by atoms with Gasteiger partial charge in [-0.25, -0.2) is 0 Å². The van der Waals surface area contributed by atoms with Crippen LogP contribution < -0.4 is 5.32 Å². The first-order chi connectivity index (χ1) is 6.20. The first-order valence-corrected chi connectivity index (χ1v) is 5.85. The topological polar surface area (TPSA) is 12.0 Å². The van der Waals surface area contributed by atoms with E-state index in [4.69, 9.17) is 0 Å². The molecule has 13 heavy (non-hydrogen) atoms. The summed E-state index contributed by atoms with van der Waals surface area (Å²) in [7, 11) is 2.08. The summed E-state index contributed by atoms with van der Waals surface area (Å²) in [4.78, 5) is 0. The third-order valence-corrected chi connectivity index (χ3v) is 3.88. The molecule has 1 rings (SSSR count). The van der Waals surface area contributed by atoms with Crippen molar-refractivity contribution in [2.24, 2.45) is 17.3 Å². The maximum absolute atomic E-state index is 3.33. The Hall–Kier alpha value is -0.0400. The van der Waals surface area contributed by atoms with Crippen LogP contribution in [0.25, 0.3) is 0 Å². The van der Waals surface area contributed by atoms with Gasteiger partial charge in [-0.3, -0.25) is 0 Å². The molecular weight excluding hydrogens is 158 g/mol. The molecule has 1 saturated carbocycles. The molecular formula is C12H25N. The van der Waals surface area contributed by atoms with Crippen LogP contribution in [0.5, 0.6) is 0 Å². The van der Waals surface area contributed by atoms with Gasteiger partial charge in [0.1, 0.15) is 0 Å². The lowest BCUT2D eigenvalue weighted by Gasteiger charge is -2.09. The largest absolute Gasteiger partial charge is 0.319 e. The summed E-state index contributed by atoms with van der Waals surface area (Å²) in [5, 5.41) is 3.33. The second-order valence-electron chi connectivity index (χ2n) is 4.82. The summed E-state index contributed by atoms with van der Waals surface area (Å²) in [5.41, 5.74) is 0.674. The van der Waals surface area contributed by atoms with Crippen LogP contribution in [0, 0.1) is 17.3 Å². The Balaban J connectivity index is 2.44. The van der Waals surface area contributed by atoms with Gasteiger partial charge in [0.15, 0.2) is 0 Å². The molecule has 1 aliphatic rings. The molecule has 0 radical (unpaired) electrons. The van der Waals surface area contributed by atoms with Crippen molar-refractivity contribution in [1.29, 1.82) is 0 Å². The fourth-order valence-electron chi connectivity index (χ4n) is 3.11. The van der Waals surface area contributed by atoms with Crippen molar-refractivity contribution in [3.63, 3.8) is 0 Å². The fourth-order valence-corrected chi connectivity index (χ4v) is 3.11. The summed E-state index contributed by atoms with van der Waals surface area (Å²) >= 11 is 0. The fraction of sp³-hybridized carbons (Fsp3) is 1.00.